The Morgan fingerprint density at radius 1 is 1.06 bits per heavy atom. The third-order valence-corrected chi connectivity index (χ3v) is 8.28. The van der Waals surface area contributed by atoms with Crippen LogP contribution in [0, 0.1) is 0 Å². The van der Waals surface area contributed by atoms with Crippen molar-refractivity contribution in [2.75, 3.05) is 26.1 Å². The number of amides is 1. The van der Waals surface area contributed by atoms with Crippen molar-refractivity contribution in [3.05, 3.63) is 64.2 Å². The van der Waals surface area contributed by atoms with Gasteiger partial charge in [0.05, 0.1) is 31.4 Å². The highest BCUT2D eigenvalue weighted by Crippen LogP contribution is 2.47. The number of hydrogen-bond acceptors (Lipinski definition) is 5. The van der Waals surface area contributed by atoms with E-state index >= 15 is 0 Å². The summed E-state index contributed by atoms with van der Waals surface area (Å²) in [5.41, 5.74) is 9.79. The van der Waals surface area contributed by atoms with Gasteiger partial charge in [0.15, 0.2) is 0 Å². The van der Waals surface area contributed by atoms with E-state index in [1.807, 2.05) is 6.07 Å². The molecule has 1 aliphatic heterocycles. The van der Waals surface area contributed by atoms with Crippen molar-refractivity contribution in [1.29, 1.82) is 0 Å². The van der Waals surface area contributed by atoms with E-state index in [0.717, 1.165) is 68.4 Å². The largest absolute Gasteiger partial charge is 0.497 e. The second-order valence-electron chi connectivity index (χ2n) is 9.14. The first-order valence-corrected chi connectivity index (χ1v) is 13.2. The fraction of sp³-hybridized carbons (Fsp3) is 0.321. The van der Waals surface area contributed by atoms with Crippen molar-refractivity contribution >= 4 is 39.5 Å². The van der Waals surface area contributed by atoms with Crippen LogP contribution in [0.4, 0.5) is 0 Å². The topological polar surface area (TPSA) is 83.7 Å². The van der Waals surface area contributed by atoms with Crippen LogP contribution in [0.15, 0.2) is 36.4 Å². The molecule has 3 aromatic carbocycles. The van der Waals surface area contributed by atoms with Gasteiger partial charge >= 0.3 is 0 Å². The number of nitrogens with zero attached hydrogens (tertiary/aromatic N) is 1. The van der Waals surface area contributed by atoms with E-state index < -0.39 is 0 Å². The number of aliphatic hydroxyl groups is 2. The number of ether oxygens (including phenoxy) is 1. The van der Waals surface area contributed by atoms with Crippen molar-refractivity contribution in [2.45, 2.75) is 31.7 Å². The van der Waals surface area contributed by atoms with Gasteiger partial charge in [0.1, 0.15) is 5.75 Å². The van der Waals surface area contributed by atoms with E-state index in [2.05, 4.69) is 40.2 Å². The minimum atomic E-state index is -0.0143. The third-order valence-electron chi connectivity index (χ3n) is 7.28. The first-order chi connectivity index (χ1) is 17.2. The molecule has 0 spiro atoms. The first kappa shape index (κ1) is 22.5. The molecule has 6 nitrogen and oxygen atoms in total. The molecule has 3 N–H and O–H groups in total. The predicted octanol–water partition coefficient (Wildman–Crippen LogP) is 4.03. The Balaban J connectivity index is 1.69. The average Bonchev–Trinajstić information content (AvgIpc) is 3.42. The summed E-state index contributed by atoms with van der Waals surface area (Å²) in [5.74, 6) is 2.34. The van der Waals surface area contributed by atoms with Crippen LogP contribution in [0.1, 0.15) is 32.6 Å². The van der Waals surface area contributed by atoms with Crippen LogP contribution in [0.3, 0.4) is 0 Å². The Morgan fingerprint density at radius 2 is 1.94 bits per heavy atom. The fourth-order valence-corrected chi connectivity index (χ4v) is 6.56. The number of fused-ring (bicyclic) bond motifs is 10. The second kappa shape index (κ2) is 8.90. The highest BCUT2D eigenvalue weighted by molar-refractivity contribution is 7.98. The van der Waals surface area contributed by atoms with Crippen molar-refractivity contribution < 1.29 is 19.7 Å². The molecule has 0 saturated carbocycles. The summed E-state index contributed by atoms with van der Waals surface area (Å²) in [7, 11) is 1.68. The zero-order valence-corrected chi connectivity index (χ0v) is 20.5. The van der Waals surface area contributed by atoms with E-state index in [0.29, 0.717) is 18.8 Å². The number of aromatic nitrogens is 1. The lowest BCUT2D eigenvalue weighted by atomic mass is 9.80. The Morgan fingerprint density at radius 3 is 2.74 bits per heavy atom. The van der Waals surface area contributed by atoms with Crippen LogP contribution in [-0.2, 0) is 31.7 Å². The Bertz CT molecular complexity index is 1490. The van der Waals surface area contributed by atoms with Crippen molar-refractivity contribution in [3.8, 4) is 16.9 Å². The number of hydrogen-bond donors (Lipinski definition) is 3. The molecule has 2 heterocycles. The molecule has 180 valence electrons. The summed E-state index contributed by atoms with van der Waals surface area (Å²) in [4.78, 5) is 13.2. The van der Waals surface area contributed by atoms with Gasteiger partial charge in [-0.1, -0.05) is 12.1 Å². The molecule has 1 aliphatic carbocycles. The molecule has 1 aromatic heterocycles. The van der Waals surface area contributed by atoms with Crippen molar-refractivity contribution in [1.82, 2.24) is 9.88 Å². The van der Waals surface area contributed by atoms with Gasteiger partial charge in [-0.3, -0.25) is 4.79 Å². The fourth-order valence-electron chi connectivity index (χ4n) is 5.88. The summed E-state index contributed by atoms with van der Waals surface area (Å²) in [5, 5.41) is 24.5. The number of thioether (sulfide) groups is 1. The number of rotatable bonds is 7. The number of carbonyl (C=O) groups excluding carboxylic acids is 1. The molecule has 0 saturated heterocycles. The zero-order valence-electron chi connectivity index (χ0n) is 19.7. The Kier molecular flexibility index (Phi) is 5.71. The molecule has 0 radical (unpaired) electrons. The number of nitrogens with one attached hydrogen (secondary N) is 1. The smallest absolute Gasteiger partial charge is 0.252 e. The maximum absolute atomic E-state index is 13.2. The lowest BCUT2D eigenvalue weighted by molar-refractivity contribution is 0.0966. The molecule has 1 amide bonds. The second-order valence-corrected chi connectivity index (χ2v) is 10.2. The van der Waals surface area contributed by atoms with Crippen LogP contribution < -0.4 is 10.1 Å². The van der Waals surface area contributed by atoms with E-state index in [9.17, 15) is 9.90 Å². The third kappa shape index (κ3) is 3.44. The number of methoxy groups -OCH3 is 1. The lowest BCUT2D eigenvalue weighted by Crippen LogP contribution is -2.16. The van der Waals surface area contributed by atoms with Gasteiger partial charge in [-0.05, 0) is 64.9 Å². The van der Waals surface area contributed by atoms with Crippen LogP contribution in [-0.4, -0.2) is 46.8 Å². The van der Waals surface area contributed by atoms with Crippen molar-refractivity contribution in [3.63, 3.8) is 0 Å². The molecule has 0 bridgehead atoms. The van der Waals surface area contributed by atoms with Gasteiger partial charge in [-0.25, -0.2) is 0 Å². The molecule has 7 heteroatoms. The zero-order chi connectivity index (χ0) is 24.1. The average molecular weight is 489 g/mol. The normalized spacial score (nSPS) is 14.2. The summed E-state index contributed by atoms with van der Waals surface area (Å²) in [6.07, 6.45) is 1.70. The molecular formula is C28H28N2O4S. The number of aliphatic hydroxyl groups excluding tert-OH is 2. The van der Waals surface area contributed by atoms with Gasteiger partial charge in [0.25, 0.3) is 5.91 Å². The lowest BCUT2D eigenvalue weighted by Gasteiger charge is -2.25. The molecule has 6 rings (SSSR count). The van der Waals surface area contributed by atoms with Crippen LogP contribution >= 0.6 is 11.8 Å². The maximum atomic E-state index is 13.2. The summed E-state index contributed by atoms with van der Waals surface area (Å²) in [6, 6.07) is 12.6. The minimum Gasteiger partial charge on any atom is -0.497 e. The van der Waals surface area contributed by atoms with E-state index in [4.69, 9.17) is 9.84 Å². The van der Waals surface area contributed by atoms with Gasteiger partial charge in [0, 0.05) is 46.4 Å². The van der Waals surface area contributed by atoms with Crippen LogP contribution in [0.2, 0.25) is 0 Å². The SMILES string of the molecule is COc1ccc2c(c1)CCc1c-2c2c(c3c4cc(CSCCO)ccc4n(CCO)c13)CNC2=O. The number of benzene rings is 3. The molecular weight excluding hydrogens is 460 g/mol. The quantitative estimate of drug-likeness (QED) is 0.342. The van der Waals surface area contributed by atoms with Crippen molar-refractivity contribution in [2.24, 2.45) is 0 Å². The molecule has 0 unspecified atom stereocenters. The monoisotopic (exact) mass is 488 g/mol. The number of aryl methyl sites for hydroxylation is 2. The van der Waals surface area contributed by atoms with E-state index in [1.165, 1.54) is 16.7 Å². The van der Waals surface area contributed by atoms with Crippen LogP contribution in [0.25, 0.3) is 32.9 Å². The van der Waals surface area contributed by atoms with Gasteiger partial charge in [-0.15, -0.1) is 0 Å². The standard InChI is InChI=1S/C28H28N2O4S/c1-34-18-4-6-19-17(13-18)3-5-20-24(19)26-22(14-29-28(26)33)25-21-12-16(15-35-11-10-32)2-7-23(21)30(8-9-31)27(20)25/h2,4,6-7,12-13,31-32H,3,5,8-11,14-15H2,1H3,(H,29,33). The molecule has 4 aromatic rings. The first-order valence-electron chi connectivity index (χ1n) is 12.0. The summed E-state index contributed by atoms with van der Waals surface area (Å²) >= 11 is 1.71. The maximum Gasteiger partial charge on any atom is 0.252 e. The minimum absolute atomic E-state index is 0.0143. The molecule has 0 fully saturated rings. The summed E-state index contributed by atoms with van der Waals surface area (Å²) < 4.78 is 7.70. The summed E-state index contributed by atoms with van der Waals surface area (Å²) in [6.45, 7) is 1.22. The Hall–Kier alpha value is -3.00. The van der Waals surface area contributed by atoms with E-state index in [1.54, 1.807) is 18.9 Å². The van der Waals surface area contributed by atoms with Gasteiger partial charge in [-0.2, -0.15) is 11.8 Å². The highest BCUT2D eigenvalue weighted by Gasteiger charge is 2.34. The number of carbonyl (C=O) groups is 1. The highest BCUT2D eigenvalue weighted by atomic mass is 32.2. The molecule has 2 aliphatic rings. The van der Waals surface area contributed by atoms with Crippen LogP contribution in [0.5, 0.6) is 5.75 Å². The molecule has 35 heavy (non-hydrogen) atoms. The predicted molar refractivity (Wildman–Crippen MR) is 140 cm³/mol. The van der Waals surface area contributed by atoms with Gasteiger partial charge < -0.3 is 24.8 Å². The Labute approximate surface area is 207 Å². The molecule has 0 atom stereocenters. The van der Waals surface area contributed by atoms with Gasteiger partial charge in [0.2, 0.25) is 0 Å². The van der Waals surface area contributed by atoms with E-state index in [-0.39, 0.29) is 19.1 Å².